The first-order valence-corrected chi connectivity index (χ1v) is 7.49. The normalized spacial score (nSPS) is 12.8. The van der Waals surface area contributed by atoms with Gasteiger partial charge in [-0.2, -0.15) is 5.10 Å². The van der Waals surface area contributed by atoms with Gasteiger partial charge in [0.1, 0.15) is 0 Å². The molecule has 2 aromatic rings. The van der Waals surface area contributed by atoms with Gasteiger partial charge in [-0.15, -0.1) is 0 Å². The van der Waals surface area contributed by atoms with Crippen molar-refractivity contribution in [2.24, 2.45) is 0 Å². The van der Waals surface area contributed by atoms with Gasteiger partial charge in [-0.3, -0.25) is 4.68 Å². The first kappa shape index (κ1) is 14.8. The van der Waals surface area contributed by atoms with E-state index in [1.165, 1.54) is 11.3 Å². The van der Waals surface area contributed by atoms with Gasteiger partial charge in [-0.1, -0.05) is 44.2 Å². The fourth-order valence-corrected chi connectivity index (χ4v) is 2.48. The Hall–Kier alpha value is -1.61. The Bertz CT molecular complexity index is 502. The number of hydrogen-bond acceptors (Lipinski definition) is 2. The molecule has 0 aliphatic heterocycles. The standard InChI is InChI=1S/C17H25N3/c1-4-20-17(10-11-19-20)12-16(13-18-14(2)3)15-8-6-5-7-9-15/h5-11,14,16,18H,4,12-13H2,1-3H3. The maximum absolute atomic E-state index is 4.37. The van der Waals surface area contributed by atoms with Crippen molar-refractivity contribution >= 4 is 0 Å². The summed E-state index contributed by atoms with van der Waals surface area (Å²) in [7, 11) is 0. The largest absolute Gasteiger partial charge is 0.314 e. The highest BCUT2D eigenvalue weighted by Gasteiger charge is 2.14. The fraction of sp³-hybridized carbons (Fsp3) is 0.471. The van der Waals surface area contributed by atoms with Crippen LogP contribution in [0.4, 0.5) is 0 Å². The molecule has 0 amide bonds. The molecule has 3 nitrogen and oxygen atoms in total. The van der Waals surface area contributed by atoms with E-state index in [1.807, 2.05) is 6.20 Å². The van der Waals surface area contributed by atoms with Crippen LogP contribution in [0.25, 0.3) is 0 Å². The summed E-state index contributed by atoms with van der Waals surface area (Å²) in [5.41, 5.74) is 2.71. The van der Waals surface area contributed by atoms with Crippen molar-refractivity contribution in [3.05, 3.63) is 53.9 Å². The van der Waals surface area contributed by atoms with Gasteiger partial charge in [0.15, 0.2) is 0 Å². The second-order valence-corrected chi connectivity index (χ2v) is 5.51. The highest BCUT2D eigenvalue weighted by Crippen LogP contribution is 2.20. The zero-order valence-corrected chi connectivity index (χ0v) is 12.7. The molecule has 0 saturated heterocycles. The SMILES string of the molecule is CCn1nccc1CC(CNC(C)C)c1ccccc1. The van der Waals surface area contributed by atoms with Gasteiger partial charge in [0.25, 0.3) is 0 Å². The maximum atomic E-state index is 4.37. The van der Waals surface area contributed by atoms with E-state index in [2.05, 4.69) is 72.3 Å². The lowest BCUT2D eigenvalue weighted by molar-refractivity contribution is 0.510. The van der Waals surface area contributed by atoms with Crippen LogP contribution < -0.4 is 5.32 Å². The smallest absolute Gasteiger partial charge is 0.0492 e. The second kappa shape index (κ2) is 7.25. The van der Waals surface area contributed by atoms with Gasteiger partial charge in [-0.25, -0.2) is 0 Å². The molecule has 1 aromatic heterocycles. The lowest BCUT2D eigenvalue weighted by Gasteiger charge is -2.20. The van der Waals surface area contributed by atoms with E-state index in [9.17, 15) is 0 Å². The molecular weight excluding hydrogens is 246 g/mol. The number of nitrogens with one attached hydrogen (secondary N) is 1. The average molecular weight is 271 g/mol. The van der Waals surface area contributed by atoms with Gasteiger partial charge < -0.3 is 5.32 Å². The van der Waals surface area contributed by atoms with Crippen LogP contribution >= 0.6 is 0 Å². The van der Waals surface area contributed by atoms with E-state index in [4.69, 9.17) is 0 Å². The quantitative estimate of drug-likeness (QED) is 0.838. The number of hydrogen-bond donors (Lipinski definition) is 1. The van der Waals surface area contributed by atoms with E-state index < -0.39 is 0 Å². The molecule has 1 N–H and O–H groups in total. The van der Waals surface area contributed by atoms with Crippen molar-refractivity contribution in [2.45, 2.75) is 45.7 Å². The minimum atomic E-state index is 0.487. The molecule has 0 spiro atoms. The van der Waals surface area contributed by atoms with Crippen LogP contribution in [0.5, 0.6) is 0 Å². The van der Waals surface area contributed by atoms with Gasteiger partial charge >= 0.3 is 0 Å². The Balaban J connectivity index is 2.14. The molecule has 2 rings (SSSR count). The summed E-state index contributed by atoms with van der Waals surface area (Å²) in [6.45, 7) is 8.45. The van der Waals surface area contributed by atoms with Crippen molar-refractivity contribution in [2.75, 3.05) is 6.54 Å². The first-order chi connectivity index (χ1) is 9.70. The Kier molecular flexibility index (Phi) is 5.36. The molecule has 0 saturated carbocycles. The van der Waals surface area contributed by atoms with Crippen LogP contribution in [0, 0.1) is 0 Å². The molecule has 0 aliphatic carbocycles. The molecule has 1 unspecified atom stereocenters. The second-order valence-electron chi connectivity index (χ2n) is 5.51. The third-order valence-corrected chi connectivity index (χ3v) is 3.60. The Morgan fingerprint density at radius 2 is 1.90 bits per heavy atom. The first-order valence-electron chi connectivity index (χ1n) is 7.49. The predicted octanol–water partition coefficient (Wildman–Crippen LogP) is 3.23. The zero-order valence-electron chi connectivity index (χ0n) is 12.7. The molecule has 108 valence electrons. The third-order valence-electron chi connectivity index (χ3n) is 3.60. The summed E-state index contributed by atoms with van der Waals surface area (Å²) in [5, 5.41) is 7.94. The van der Waals surface area contributed by atoms with Crippen LogP contribution in [0.2, 0.25) is 0 Å². The lowest BCUT2D eigenvalue weighted by atomic mass is 9.94. The van der Waals surface area contributed by atoms with E-state index in [0.29, 0.717) is 12.0 Å². The van der Waals surface area contributed by atoms with Crippen LogP contribution in [-0.4, -0.2) is 22.4 Å². The summed E-state index contributed by atoms with van der Waals surface area (Å²) in [4.78, 5) is 0. The van der Waals surface area contributed by atoms with Gasteiger partial charge in [0.05, 0.1) is 0 Å². The van der Waals surface area contributed by atoms with Crippen molar-refractivity contribution in [1.29, 1.82) is 0 Å². The van der Waals surface area contributed by atoms with Gasteiger partial charge in [0.2, 0.25) is 0 Å². The Labute approximate surface area is 122 Å². The number of aromatic nitrogens is 2. The van der Waals surface area contributed by atoms with Crippen molar-refractivity contribution < 1.29 is 0 Å². The van der Waals surface area contributed by atoms with Crippen molar-refractivity contribution in [3.8, 4) is 0 Å². The Morgan fingerprint density at radius 1 is 1.15 bits per heavy atom. The molecule has 1 atom stereocenters. The molecule has 0 aliphatic rings. The van der Waals surface area contributed by atoms with Crippen molar-refractivity contribution in [1.82, 2.24) is 15.1 Å². The molecule has 0 radical (unpaired) electrons. The topological polar surface area (TPSA) is 29.9 Å². The molecule has 1 aromatic carbocycles. The molecular formula is C17H25N3. The van der Waals surface area contributed by atoms with Crippen LogP contribution in [0.1, 0.15) is 37.9 Å². The van der Waals surface area contributed by atoms with E-state index >= 15 is 0 Å². The average Bonchev–Trinajstić information content (AvgIpc) is 2.91. The number of benzene rings is 1. The summed E-state index contributed by atoms with van der Waals surface area (Å²) < 4.78 is 2.09. The number of aryl methyl sites for hydroxylation is 1. The highest BCUT2D eigenvalue weighted by atomic mass is 15.3. The minimum Gasteiger partial charge on any atom is -0.314 e. The van der Waals surface area contributed by atoms with Crippen LogP contribution in [0.15, 0.2) is 42.6 Å². The third kappa shape index (κ3) is 3.94. The van der Waals surface area contributed by atoms with Crippen LogP contribution in [-0.2, 0) is 13.0 Å². The maximum Gasteiger partial charge on any atom is 0.0492 e. The van der Waals surface area contributed by atoms with Crippen LogP contribution in [0.3, 0.4) is 0 Å². The summed E-state index contributed by atoms with van der Waals surface area (Å²) in [6, 6.07) is 13.4. The zero-order chi connectivity index (χ0) is 14.4. The Morgan fingerprint density at radius 3 is 2.55 bits per heavy atom. The molecule has 0 fully saturated rings. The fourth-order valence-electron chi connectivity index (χ4n) is 2.48. The predicted molar refractivity (Wildman–Crippen MR) is 83.9 cm³/mol. The van der Waals surface area contributed by atoms with E-state index in [-0.39, 0.29) is 0 Å². The molecule has 1 heterocycles. The number of rotatable bonds is 7. The summed E-state index contributed by atoms with van der Waals surface area (Å²) in [5.74, 6) is 0.487. The monoisotopic (exact) mass is 271 g/mol. The molecule has 3 heteroatoms. The highest BCUT2D eigenvalue weighted by molar-refractivity contribution is 5.22. The minimum absolute atomic E-state index is 0.487. The van der Waals surface area contributed by atoms with Gasteiger partial charge in [0, 0.05) is 36.9 Å². The summed E-state index contributed by atoms with van der Waals surface area (Å²) in [6.07, 6.45) is 2.92. The molecule has 20 heavy (non-hydrogen) atoms. The van der Waals surface area contributed by atoms with Gasteiger partial charge in [-0.05, 0) is 25.0 Å². The molecule has 0 bridgehead atoms. The summed E-state index contributed by atoms with van der Waals surface area (Å²) >= 11 is 0. The lowest BCUT2D eigenvalue weighted by Crippen LogP contribution is -2.29. The number of nitrogens with zero attached hydrogens (tertiary/aromatic N) is 2. The van der Waals surface area contributed by atoms with E-state index in [0.717, 1.165) is 19.5 Å². The van der Waals surface area contributed by atoms with E-state index in [1.54, 1.807) is 0 Å². The van der Waals surface area contributed by atoms with Crippen molar-refractivity contribution in [3.63, 3.8) is 0 Å².